The number of aryl methyl sites for hydroxylation is 1. The van der Waals surface area contributed by atoms with Crippen molar-refractivity contribution in [2.24, 2.45) is 5.10 Å². The van der Waals surface area contributed by atoms with Crippen LogP contribution in [0.2, 0.25) is 0 Å². The zero-order valence-corrected chi connectivity index (χ0v) is 20.0. The fourth-order valence-corrected chi connectivity index (χ4v) is 4.11. The number of hydrazone groups is 1. The molecule has 1 aliphatic rings. The molecule has 3 rings (SSSR count). The average Bonchev–Trinajstić information content (AvgIpc) is 2.74. The predicted molar refractivity (Wildman–Crippen MR) is 126 cm³/mol. The second kappa shape index (κ2) is 9.78. The monoisotopic (exact) mass is 476 g/mol. The minimum atomic E-state index is -3.87. The van der Waals surface area contributed by atoms with Crippen LogP contribution in [-0.4, -0.2) is 57.4 Å². The molecular formula is C23H29FN4O4S. The second-order valence-corrected chi connectivity index (χ2v) is 10.5. The number of rotatable bonds is 5. The Morgan fingerprint density at radius 2 is 1.73 bits per heavy atom. The van der Waals surface area contributed by atoms with E-state index in [1.807, 2.05) is 32.6 Å². The fourth-order valence-electron chi connectivity index (χ4n) is 3.32. The van der Waals surface area contributed by atoms with Crippen LogP contribution in [0.15, 0.2) is 52.5 Å². The number of ether oxygens (including phenoxy) is 1. The van der Waals surface area contributed by atoms with Crippen molar-refractivity contribution in [2.75, 3.05) is 31.1 Å². The molecule has 1 aliphatic heterocycles. The van der Waals surface area contributed by atoms with Crippen LogP contribution in [0.5, 0.6) is 0 Å². The molecule has 0 bridgehead atoms. The average molecular weight is 477 g/mol. The predicted octanol–water partition coefficient (Wildman–Crippen LogP) is 3.50. The van der Waals surface area contributed by atoms with Crippen molar-refractivity contribution in [1.29, 1.82) is 0 Å². The van der Waals surface area contributed by atoms with E-state index >= 15 is 0 Å². The summed E-state index contributed by atoms with van der Waals surface area (Å²) in [5, 5.41) is 3.80. The van der Waals surface area contributed by atoms with E-state index in [2.05, 4.69) is 9.93 Å². The quantitative estimate of drug-likeness (QED) is 0.527. The van der Waals surface area contributed by atoms with Gasteiger partial charge in [0.15, 0.2) is 0 Å². The van der Waals surface area contributed by atoms with E-state index in [9.17, 15) is 17.6 Å². The van der Waals surface area contributed by atoms with Gasteiger partial charge in [0.25, 0.3) is 10.0 Å². The summed E-state index contributed by atoms with van der Waals surface area (Å²) in [7, 11) is -3.87. The lowest BCUT2D eigenvalue weighted by molar-refractivity contribution is 0.0240. The number of halogens is 1. The SMILES string of the molecule is Cc1ccc(S(=O)(=O)N/N=C/c2c(F)cccc2N2CCN(C(=O)OC(C)(C)C)CC2)cc1. The van der Waals surface area contributed by atoms with Crippen molar-refractivity contribution in [3.63, 3.8) is 0 Å². The van der Waals surface area contributed by atoms with Gasteiger partial charge in [0.2, 0.25) is 0 Å². The normalized spacial score (nSPS) is 15.1. The van der Waals surface area contributed by atoms with Crippen molar-refractivity contribution in [1.82, 2.24) is 9.73 Å². The Labute approximate surface area is 194 Å². The van der Waals surface area contributed by atoms with Crippen LogP contribution in [-0.2, 0) is 14.8 Å². The second-order valence-electron chi connectivity index (χ2n) is 8.79. The van der Waals surface area contributed by atoms with Crippen LogP contribution < -0.4 is 9.73 Å². The largest absolute Gasteiger partial charge is 0.444 e. The smallest absolute Gasteiger partial charge is 0.410 e. The van der Waals surface area contributed by atoms with E-state index in [1.165, 1.54) is 18.2 Å². The highest BCUT2D eigenvalue weighted by Gasteiger charge is 2.27. The van der Waals surface area contributed by atoms with Crippen LogP contribution in [0.1, 0.15) is 31.9 Å². The van der Waals surface area contributed by atoms with Gasteiger partial charge in [0, 0.05) is 31.9 Å². The molecule has 33 heavy (non-hydrogen) atoms. The molecule has 1 amide bonds. The van der Waals surface area contributed by atoms with Crippen molar-refractivity contribution in [2.45, 2.75) is 38.2 Å². The minimum absolute atomic E-state index is 0.0669. The Morgan fingerprint density at radius 3 is 2.33 bits per heavy atom. The number of hydrogen-bond donors (Lipinski definition) is 1. The standard InChI is InChI=1S/C23H29FN4O4S/c1-17-8-10-18(11-9-17)33(30,31)26-25-16-19-20(24)6-5-7-21(19)27-12-14-28(15-13-27)22(29)32-23(2,3)4/h5-11,16,26H,12-15H2,1-4H3/b25-16+. The molecule has 2 aromatic rings. The number of hydrogen-bond acceptors (Lipinski definition) is 6. The van der Waals surface area contributed by atoms with Gasteiger partial charge in [-0.15, -0.1) is 0 Å². The molecule has 0 saturated carbocycles. The summed E-state index contributed by atoms with van der Waals surface area (Å²) in [5.74, 6) is -0.527. The molecule has 0 radical (unpaired) electrons. The molecule has 0 spiro atoms. The number of anilines is 1. The third-order valence-electron chi connectivity index (χ3n) is 5.00. The molecule has 0 aliphatic carbocycles. The van der Waals surface area contributed by atoms with Gasteiger partial charge < -0.3 is 14.5 Å². The number of nitrogens with one attached hydrogen (secondary N) is 1. The number of benzene rings is 2. The summed E-state index contributed by atoms with van der Waals surface area (Å²) >= 11 is 0. The van der Waals surface area contributed by atoms with Gasteiger partial charge in [0.1, 0.15) is 11.4 Å². The maximum Gasteiger partial charge on any atom is 0.410 e. The molecule has 0 unspecified atom stereocenters. The first-order valence-corrected chi connectivity index (χ1v) is 12.1. The zero-order chi connectivity index (χ0) is 24.2. The maximum absolute atomic E-state index is 14.6. The molecule has 10 heteroatoms. The molecule has 1 fully saturated rings. The Morgan fingerprint density at radius 1 is 1.09 bits per heavy atom. The van der Waals surface area contributed by atoms with E-state index in [0.717, 1.165) is 11.8 Å². The van der Waals surface area contributed by atoms with Gasteiger partial charge in [-0.3, -0.25) is 0 Å². The van der Waals surface area contributed by atoms with Crippen LogP contribution in [0, 0.1) is 12.7 Å². The summed E-state index contributed by atoms with van der Waals surface area (Å²) in [6.07, 6.45) is 0.782. The number of nitrogens with zero attached hydrogens (tertiary/aromatic N) is 3. The molecule has 0 atom stereocenters. The van der Waals surface area contributed by atoms with Crippen LogP contribution in [0.3, 0.4) is 0 Å². The summed E-state index contributed by atoms with van der Waals surface area (Å²) in [5.41, 5.74) is 1.08. The van der Waals surface area contributed by atoms with E-state index in [1.54, 1.807) is 29.2 Å². The maximum atomic E-state index is 14.6. The van der Waals surface area contributed by atoms with Crippen LogP contribution in [0.4, 0.5) is 14.9 Å². The number of carbonyl (C=O) groups excluding carboxylic acids is 1. The Hall–Kier alpha value is -3.14. The summed E-state index contributed by atoms with van der Waals surface area (Å²) < 4.78 is 44.9. The number of carbonyl (C=O) groups is 1. The highest BCUT2D eigenvalue weighted by Crippen LogP contribution is 2.24. The molecule has 1 N–H and O–H groups in total. The zero-order valence-electron chi connectivity index (χ0n) is 19.2. The van der Waals surface area contributed by atoms with Crippen LogP contribution >= 0.6 is 0 Å². The van der Waals surface area contributed by atoms with Crippen LogP contribution in [0.25, 0.3) is 0 Å². The topological polar surface area (TPSA) is 91.3 Å². The third-order valence-corrected chi connectivity index (χ3v) is 6.24. The van der Waals surface area contributed by atoms with Crippen molar-refractivity contribution in [3.8, 4) is 0 Å². The molecule has 1 saturated heterocycles. The van der Waals surface area contributed by atoms with E-state index < -0.39 is 21.4 Å². The number of piperazine rings is 1. The summed E-state index contributed by atoms with van der Waals surface area (Å²) in [6, 6.07) is 10.9. The first-order valence-electron chi connectivity index (χ1n) is 10.6. The molecule has 8 nitrogen and oxygen atoms in total. The Kier molecular flexibility index (Phi) is 7.26. The van der Waals surface area contributed by atoms with Gasteiger partial charge in [-0.2, -0.15) is 13.5 Å². The van der Waals surface area contributed by atoms with Crippen molar-refractivity contribution in [3.05, 3.63) is 59.4 Å². The van der Waals surface area contributed by atoms with Crippen molar-refractivity contribution >= 4 is 28.0 Å². The highest BCUT2D eigenvalue weighted by atomic mass is 32.2. The van der Waals surface area contributed by atoms with E-state index in [-0.39, 0.29) is 16.6 Å². The Bertz CT molecular complexity index is 1120. The number of amides is 1. The summed E-state index contributed by atoms with van der Waals surface area (Å²) in [4.78, 5) is 18.0. The first-order chi connectivity index (χ1) is 15.5. The molecule has 0 aromatic heterocycles. The molecular weight excluding hydrogens is 447 g/mol. The molecule has 178 valence electrons. The summed E-state index contributed by atoms with van der Waals surface area (Å²) in [6.45, 7) is 9.07. The lowest BCUT2D eigenvalue weighted by atomic mass is 10.1. The van der Waals surface area contributed by atoms with E-state index in [0.29, 0.717) is 31.9 Å². The van der Waals surface area contributed by atoms with Gasteiger partial charge in [-0.25, -0.2) is 14.0 Å². The van der Waals surface area contributed by atoms with Gasteiger partial charge in [-0.1, -0.05) is 23.8 Å². The lowest BCUT2D eigenvalue weighted by Gasteiger charge is -2.37. The van der Waals surface area contributed by atoms with Gasteiger partial charge in [-0.05, 0) is 52.0 Å². The lowest BCUT2D eigenvalue weighted by Crippen LogP contribution is -2.50. The van der Waals surface area contributed by atoms with Gasteiger partial charge in [0.05, 0.1) is 16.7 Å². The van der Waals surface area contributed by atoms with Gasteiger partial charge >= 0.3 is 6.09 Å². The molecule has 1 heterocycles. The first kappa shape index (κ1) is 24.5. The third kappa shape index (κ3) is 6.44. The number of sulfonamides is 1. The fraction of sp³-hybridized carbons (Fsp3) is 0.391. The highest BCUT2D eigenvalue weighted by molar-refractivity contribution is 7.89. The van der Waals surface area contributed by atoms with E-state index in [4.69, 9.17) is 4.74 Å². The Balaban J connectivity index is 1.71. The van der Waals surface area contributed by atoms with Crippen molar-refractivity contribution < 1.29 is 22.3 Å². The minimum Gasteiger partial charge on any atom is -0.444 e. The molecule has 2 aromatic carbocycles.